The largest absolute Gasteiger partial charge is 0.466 e. The van der Waals surface area contributed by atoms with Crippen LogP contribution >= 0.6 is 0 Å². The Hall–Kier alpha value is -2.17. The van der Waals surface area contributed by atoms with Crippen molar-refractivity contribution in [2.75, 3.05) is 6.61 Å². The molecule has 1 rings (SSSR count). The fourth-order valence-corrected chi connectivity index (χ4v) is 1.90. The molecule has 5 nitrogen and oxygen atoms in total. The van der Waals surface area contributed by atoms with E-state index in [0.717, 1.165) is 0 Å². The average molecular weight is 291 g/mol. The molecule has 21 heavy (non-hydrogen) atoms. The van der Waals surface area contributed by atoms with Gasteiger partial charge < -0.3 is 10.1 Å². The normalized spacial score (nSPS) is 11.8. The van der Waals surface area contributed by atoms with Gasteiger partial charge in [-0.25, -0.2) is 0 Å². The molecule has 0 fully saturated rings. The predicted octanol–water partition coefficient (Wildman–Crippen LogP) is 1.96. The summed E-state index contributed by atoms with van der Waals surface area (Å²) in [4.78, 5) is 35.6. The number of ether oxygens (including phenoxy) is 1. The number of carbonyl (C=O) groups is 3. The summed E-state index contributed by atoms with van der Waals surface area (Å²) in [6, 6.07) is 7.94. The number of amides is 1. The third-order valence-electron chi connectivity index (χ3n) is 2.96. The van der Waals surface area contributed by atoms with E-state index in [1.54, 1.807) is 31.2 Å². The molecular weight excluding hydrogens is 270 g/mol. The molecule has 0 saturated carbocycles. The molecule has 1 aromatic carbocycles. The van der Waals surface area contributed by atoms with Crippen molar-refractivity contribution in [3.63, 3.8) is 0 Å². The maximum atomic E-state index is 12.1. The Morgan fingerprint density at radius 1 is 1.14 bits per heavy atom. The number of nitrogens with one attached hydrogen (secondary N) is 1. The Bertz CT molecular complexity index is 496. The van der Waals surface area contributed by atoms with Crippen LogP contribution in [0.2, 0.25) is 0 Å². The third-order valence-corrected chi connectivity index (χ3v) is 2.96. The van der Waals surface area contributed by atoms with Crippen LogP contribution in [0.1, 0.15) is 37.6 Å². The summed E-state index contributed by atoms with van der Waals surface area (Å²) in [5.74, 6) is -1.35. The Labute approximate surface area is 124 Å². The monoisotopic (exact) mass is 291 g/mol. The van der Waals surface area contributed by atoms with Gasteiger partial charge in [0.1, 0.15) is 6.42 Å². The fraction of sp³-hybridized carbons (Fsp3) is 0.438. The molecule has 0 aliphatic rings. The number of benzene rings is 1. The second-order valence-electron chi connectivity index (χ2n) is 5.01. The van der Waals surface area contributed by atoms with E-state index in [1.807, 2.05) is 19.9 Å². The molecule has 1 atom stereocenters. The van der Waals surface area contributed by atoms with E-state index >= 15 is 0 Å². The zero-order chi connectivity index (χ0) is 15.8. The molecule has 1 aromatic rings. The van der Waals surface area contributed by atoms with Crippen molar-refractivity contribution in [1.82, 2.24) is 5.32 Å². The summed E-state index contributed by atoms with van der Waals surface area (Å²) in [6.07, 6.45) is -0.328. The zero-order valence-electron chi connectivity index (χ0n) is 12.6. The van der Waals surface area contributed by atoms with Gasteiger partial charge in [-0.2, -0.15) is 0 Å². The van der Waals surface area contributed by atoms with Gasteiger partial charge in [-0.1, -0.05) is 32.0 Å². The maximum Gasteiger partial charge on any atom is 0.313 e. The summed E-state index contributed by atoms with van der Waals surface area (Å²) in [6.45, 7) is 5.55. The van der Waals surface area contributed by atoms with Crippen molar-refractivity contribution in [2.45, 2.75) is 33.2 Å². The molecule has 0 saturated heterocycles. The van der Waals surface area contributed by atoms with Crippen LogP contribution in [0, 0.1) is 5.92 Å². The van der Waals surface area contributed by atoms with E-state index in [-0.39, 0.29) is 30.6 Å². The minimum absolute atomic E-state index is 0.111. The van der Waals surface area contributed by atoms with Crippen LogP contribution in [0.15, 0.2) is 30.3 Å². The Morgan fingerprint density at radius 3 is 2.29 bits per heavy atom. The number of carbonyl (C=O) groups excluding carboxylic acids is 3. The van der Waals surface area contributed by atoms with Gasteiger partial charge in [0.05, 0.1) is 12.6 Å². The smallest absolute Gasteiger partial charge is 0.313 e. The summed E-state index contributed by atoms with van der Waals surface area (Å²) in [5.41, 5.74) is 0.479. The van der Waals surface area contributed by atoms with Gasteiger partial charge in [0.25, 0.3) is 5.91 Å². The molecule has 1 N–H and O–H groups in total. The molecule has 0 spiro atoms. The van der Waals surface area contributed by atoms with E-state index < -0.39 is 12.0 Å². The van der Waals surface area contributed by atoms with Crippen LogP contribution in [0.5, 0.6) is 0 Å². The average Bonchev–Trinajstić information content (AvgIpc) is 2.45. The van der Waals surface area contributed by atoms with Crippen LogP contribution in [-0.2, 0) is 14.3 Å². The highest BCUT2D eigenvalue weighted by Crippen LogP contribution is 2.08. The van der Waals surface area contributed by atoms with E-state index in [4.69, 9.17) is 4.74 Å². The van der Waals surface area contributed by atoms with Gasteiger partial charge in [0.15, 0.2) is 5.78 Å². The van der Waals surface area contributed by atoms with Gasteiger partial charge >= 0.3 is 5.97 Å². The molecule has 0 aliphatic heterocycles. The van der Waals surface area contributed by atoms with E-state index in [0.29, 0.717) is 5.56 Å². The molecule has 0 heterocycles. The van der Waals surface area contributed by atoms with Crippen molar-refractivity contribution >= 4 is 17.7 Å². The SMILES string of the molecule is CCOC(=O)CC(=O)C(NC(=O)c1ccccc1)C(C)C. The molecule has 5 heteroatoms. The summed E-state index contributed by atoms with van der Waals surface area (Å²) < 4.78 is 4.76. The zero-order valence-corrected chi connectivity index (χ0v) is 12.6. The molecule has 1 amide bonds. The topological polar surface area (TPSA) is 72.5 Å². The van der Waals surface area contributed by atoms with Crippen molar-refractivity contribution in [1.29, 1.82) is 0 Å². The lowest BCUT2D eigenvalue weighted by Gasteiger charge is -2.21. The molecule has 114 valence electrons. The molecule has 1 unspecified atom stereocenters. The minimum atomic E-state index is -0.706. The molecule has 0 aliphatic carbocycles. The second kappa shape index (κ2) is 8.19. The van der Waals surface area contributed by atoms with Gasteiger partial charge in [0, 0.05) is 5.56 Å². The first-order chi connectivity index (χ1) is 9.95. The molecule has 0 bridgehead atoms. The van der Waals surface area contributed by atoms with Gasteiger partial charge in [0.2, 0.25) is 0 Å². The van der Waals surface area contributed by atoms with Crippen molar-refractivity contribution in [3.8, 4) is 0 Å². The van der Waals surface area contributed by atoms with Crippen LogP contribution in [0.25, 0.3) is 0 Å². The first kappa shape index (κ1) is 16.9. The maximum absolute atomic E-state index is 12.1. The Kier molecular flexibility index (Phi) is 6.59. The van der Waals surface area contributed by atoms with Gasteiger partial charge in [-0.3, -0.25) is 14.4 Å². The first-order valence-corrected chi connectivity index (χ1v) is 7.00. The highest BCUT2D eigenvalue weighted by atomic mass is 16.5. The lowest BCUT2D eigenvalue weighted by molar-refractivity contribution is -0.146. The Morgan fingerprint density at radius 2 is 1.76 bits per heavy atom. The van der Waals surface area contributed by atoms with Crippen LogP contribution in [0.4, 0.5) is 0 Å². The molecular formula is C16H21NO4. The van der Waals surface area contributed by atoms with Crippen LogP contribution in [-0.4, -0.2) is 30.3 Å². The number of esters is 1. The number of hydrogen-bond donors (Lipinski definition) is 1. The number of rotatable bonds is 7. The standard InChI is InChI=1S/C16H21NO4/c1-4-21-14(19)10-13(18)15(11(2)3)17-16(20)12-8-6-5-7-9-12/h5-9,11,15H,4,10H2,1-3H3,(H,17,20). The van der Waals surface area contributed by atoms with Crippen LogP contribution < -0.4 is 5.32 Å². The first-order valence-electron chi connectivity index (χ1n) is 7.00. The number of hydrogen-bond acceptors (Lipinski definition) is 4. The van der Waals surface area contributed by atoms with E-state index in [9.17, 15) is 14.4 Å². The van der Waals surface area contributed by atoms with Crippen LogP contribution in [0.3, 0.4) is 0 Å². The van der Waals surface area contributed by atoms with E-state index in [2.05, 4.69) is 5.32 Å². The minimum Gasteiger partial charge on any atom is -0.466 e. The van der Waals surface area contributed by atoms with Crippen molar-refractivity contribution in [3.05, 3.63) is 35.9 Å². The third kappa shape index (κ3) is 5.38. The quantitative estimate of drug-likeness (QED) is 0.615. The number of Topliss-reactive ketones (excluding diaryl/α,β-unsaturated/α-hetero) is 1. The second-order valence-corrected chi connectivity index (χ2v) is 5.01. The van der Waals surface area contributed by atoms with Gasteiger partial charge in [-0.15, -0.1) is 0 Å². The van der Waals surface area contributed by atoms with Crippen molar-refractivity contribution < 1.29 is 19.1 Å². The van der Waals surface area contributed by atoms with Crippen molar-refractivity contribution in [2.24, 2.45) is 5.92 Å². The summed E-state index contributed by atoms with van der Waals surface area (Å²) >= 11 is 0. The summed E-state index contributed by atoms with van der Waals surface area (Å²) in [7, 11) is 0. The summed E-state index contributed by atoms with van der Waals surface area (Å²) in [5, 5.41) is 2.68. The molecule has 0 radical (unpaired) electrons. The molecule has 0 aromatic heterocycles. The Balaban J connectivity index is 2.72. The predicted molar refractivity (Wildman–Crippen MR) is 78.8 cm³/mol. The number of ketones is 1. The fourth-order valence-electron chi connectivity index (χ4n) is 1.90. The van der Waals surface area contributed by atoms with Gasteiger partial charge in [-0.05, 0) is 25.0 Å². The lowest BCUT2D eigenvalue weighted by Crippen LogP contribution is -2.45. The lowest BCUT2D eigenvalue weighted by atomic mass is 9.97. The van der Waals surface area contributed by atoms with E-state index in [1.165, 1.54) is 0 Å². The highest BCUT2D eigenvalue weighted by Gasteiger charge is 2.26. The highest BCUT2D eigenvalue weighted by molar-refractivity contribution is 6.02.